The third kappa shape index (κ3) is 5.44. The van der Waals surface area contributed by atoms with E-state index in [4.69, 9.17) is 4.74 Å². The predicted octanol–water partition coefficient (Wildman–Crippen LogP) is 2.39. The molecule has 0 amide bonds. The first-order valence-electron chi connectivity index (χ1n) is 8.28. The van der Waals surface area contributed by atoms with E-state index in [1.807, 2.05) is 11.8 Å². The van der Waals surface area contributed by atoms with Crippen molar-refractivity contribution in [3.8, 4) is 0 Å². The first kappa shape index (κ1) is 19.2. The largest absolute Gasteiger partial charge is 0.416 e. The molecule has 1 atom stereocenters. The van der Waals surface area contributed by atoms with Crippen molar-refractivity contribution in [2.45, 2.75) is 19.2 Å². The van der Waals surface area contributed by atoms with Crippen molar-refractivity contribution in [3.05, 3.63) is 35.4 Å². The van der Waals surface area contributed by atoms with Crippen LogP contribution in [0.2, 0.25) is 0 Å². The lowest BCUT2D eigenvalue weighted by Gasteiger charge is -2.35. The van der Waals surface area contributed by atoms with Crippen LogP contribution in [0, 0.1) is 0 Å². The average molecular weight is 346 g/mol. The van der Waals surface area contributed by atoms with Crippen molar-refractivity contribution in [2.75, 3.05) is 52.5 Å². The summed E-state index contributed by atoms with van der Waals surface area (Å²) in [6.45, 7) is 7.56. The summed E-state index contributed by atoms with van der Waals surface area (Å²) in [4.78, 5) is 4.28. The Labute approximate surface area is 140 Å². The lowest BCUT2D eigenvalue weighted by atomic mass is 10.0. The van der Waals surface area contributed by atoms with Crippen LogP contribution in [0.5, 0.6) is 0 Å². The van der Waals surface area contributed by atoms with E-state index in [9.17, 15) is 18.3 Å². The monoisotopic (exact) mass is 346 g/mol. The quantitative estimate of drug-likeness (QED) is 0.769. The van der Waals surface area contributed by atoms with Crippen LogP contribution < -0.4 is 0 Å². The van der Waals surface area contributed by atoms with Crippen molar-refractivity contribution in [3.63, 3.8) is 0 Å². The molecule has 1 aromatic rings. The molecule has 0 spiro atoms. The second-order valence-electron chi connectivity index (χ2n) is 5.94. The molecule has 1 aromatic carbocycles. The van der Waals surface area contributed by atoms with E-state index < -0.39 is 17.8 Å². The highest BCUT2D eigenvalue weighted by Crippen LogP contribution is 2.34. The Bertz CT molecular complexity index is 503. The fourth-order valence-corrected chi connectivity index (χ4v) is 2.92. The molecule has 0 bridgehead atoms. The average Bonchev–Trinajstić information content (AvgIpc) is 2.56. The van der Waals surface area contributed by atoms with Crippen molar-refractivity contribution in [1.82, 2.24) is 9.80 Å². The molecule has 1 fully saturated rings. The Kier molecular flexibility index (Phi) is 7.03. The van der Waals surface area contributed by atoms with Gasteiger partial charge in [0, 0.05) is 45.9 Å². The minimum absolute atomic E-state index is 0.0521. The van der Waals surface area contributed by atoms with Crippen LogP contribution in [-0.4, -0.2) is 67.4 Å². The molecule has 1 aliphatic heterocycles. The summed E-state index contributed by atoms with van der Waals surface area (Å²) in [6.07, 6.45) is -5.59. The minimum atomic E-state index is -4.45. The Morgan fingerprint density at radius 3 is 2.38 bits per heavy atom. The third-order valence-corrected chi connectivity index (χ3v) is 4.28. The number of benzene rings is 1. The molecule has 0 unspecified atom stereocenters. The molecule has 7 heteroatoms. The van der Waals surface area contributed by atoms with Crippen molar-refractivity contribution in [1.29, 1.82) is 0 Å². The number of halogens is 3. The van der Waals surface area contributed by atoms with Gasteiger partial charge in [-0.2, -0.15) is 13.2 Å². The summed E-state index contributed by atoms with van der Waals surface area (Å²) in [7, 11) is 0. The number of aliphatic hydroxyl groups is 1. The molecule has 136 valence electrons. The van der Waals surface area contributed by atoms with Gasteiger partial charge in [0.05, 0.1) is 18.3 Å². The Balaban J connectivity index is 1.87. The number of piperazine rings is 1. The number of ether oxygens (including phenoxy) is 1. The van der Waals surface area contributed by atoms with E-state index in [1.165, 1.54) is 18.2 Å². The highest BCUT2D eigenvalue weighted by molar-refractivity contribution is 5.31. The third-order valence-electron chi connectivity index (χ3n) is 4.28. The molecule has 24 heavy (non-hydrogen) atoms. The lowest BCUT2D eigenvalue weighted by molar-refractivity contribution is -0.139. The molecule has 0 saturated carbocycles. The molecule has 0 radical (unpaired) electrons. The zero-order valence-electron chi connectivity index (χ0n) is 13.9. The van der Waals surface area contributed by atoms with E-state index >= 15 is 0 Å². The van der Waals surface area contributed by atoms with Gasteiger partial charge < -0.3 is 9.84 Å². The van der Waals surface area contributed by atoms with E-state index in [-0.39, 0.29) is 12.1 Å². The van der Waals surface area contributed by atoms with Crippen LogP contribution in [0.3, 0.4) is 0 Å². The number of hydrogen-bond donors (Lipinski definition) is 1. The lowest BCUT2D eigenvalue weighted by Crippen LogP contribution is -2.48. The topological polar surface area (TPSA) is 35.9 Å². The van der Waals surface area contributed by atoms with Crippen LogP contribution in [0.15, 0.2) is 24.3 Å². The Morgan fingerprint density at radius 2 is 1.75 bits per heavy atom. The molecule has 1 saturated heterocycles. The fraction of sp³-hybridized carbons (Fsp3) is 0.647. The van der Waals surface area contributed by atoms with Gasteiger partial charge in [-0.1, -0.05) is 18.2 Å². The summed E-state index contributed by atoms with van der Waals surface area (Å²) < 4.78 is 44.5. The van der Waals surface area contributed by atoms with Gasteiger partial charge in [0.1, 0.15) is 0 Å². The van der Waals surface area contributed by atoms with Gasteiger partial charge in [-0.25, -0.2) is 0 Å². The smallest absolute Gasteiger partial charge is 0.387 e. The highest BCUT2D eigenvalue weighted by atomic mass is 19.4. The van der Waals surface area contributed by atoms with E-state index in [0.717, 1.165) is 38.8 Å². The number of aliphatic hydroxyl groups excluding tert-OH is 1. The van der Waals surface area contributed by atoms with E-state index in [1.54, 1.807) is 0 Å². The number of hydrogen-bond acceptors (Lipinski definition) is 4. The number of β-amino-alcohol motifs (C(OH)–C–C–N with tert-alkyl or cyclic N) is 1. The minimum Gasteiger partial charge on any atom is -0.387 e. The maximum atomic E-state index is 13.0. The number of rotatable bonds is 7. The van der Waals surface area contributed by atoms with Gasteiger partial charge in [0.15, 0.2) is 0 Å². The van der Waals surface area contributed by atoms with Crippen LogP contribution in [0.1, 0.15) is 24.2 Å². The van der Waals surface area contributed by atoms with E-state index in [0.29, 0.717) is 13.2 Å². The first-order valence-corrected chi connectivity index (χ1v) is 8.28. The summed E-state index contributed by atoms with van der Waals surface area (Å²) in [6, 6.07) is 5.24. The second kappa shape index (κ2) is 8.80. The second-order valence-corrected chi connectivity index (χ2v) is 5.94. The maximum absolute atomic E-state index is 13.0. The Hall–Kier alpha value is -1.15. The molecule has 0 aliphatic carbocycles. The zero-order chi connectivity index (χ0) is 17.6. The van der Waals surface area contributed by atoms with Crippen molar-refractivity contribution < 1.29 is 23.0 Å². The van der Waals surface area contributed by atoms with Crippen LogP contribution in [-0.2, 0) is 10.9 Å². The molecule has 1 heterocycles. The molecular formula is C17H25F3N2O2. The SMILES string of the molecule is CCOCCN1CCN(C[C@@H](O)c2ccccc2C(F)(F)F)CC1. The molecule has 4 nitrogen and oxygen atoms in total. The summed E-state index contributed by atoms with van der Waals surface area (Å²) in [5, 5.41) is 10.3. The van der Waals surface area contributed by atoms with Gasteiger partial charge in [-0.05, 0) is 18.6 Å². The maximum Gasteiger partial charge on any atom is 0.416 e. The van der Waals surface area contributed by atoms with E-state index in [2.05, 4.69) is 4.90 Å². The van der Waals surface area contributed by atoms with Gasteiger partial charge >= 0.3 is 6.18 Å². The normalized spacial score (nSPS) is 18.7. The van der Waals surface area contributed by atoms with Gasteiger partial charge in [0.25, 0.3) is 0 Å². The molecule has 2 rings (SSSR count). The Morgan fingerprint density at radius 1 is 1.12 bits per heavy atom. The number of alkyl halides is 3. The molecule has 1 N–H and O–H groups in total. The van der Waals surface area contributed by atoms with Gasteiger partial charge in [-0.3, -0.25) is 9.80 Å². The molecule has 1 aliphatic rings. The van der Waals surface area contributed by atoms with Crippen LogP contribution >= 0.6 is 0 Å². The number of nitrogens with zero attached hydrogens (tertiary/aromatic N) is 2. The van der Waals surface area contributed by atoms with Crippen molar-refractivity contribution >= 4 is 0 Å². The van der Waals surface area contributed by atoms with Crippen LogP contribution in [0.25, 0.3) is 0 Å². The standard InChI is InChI=1S/C17H25F3N2O2/c1-2-24-12-11-21-7-9-22(10-8-21)13-16(23)14-5-3-4-6-15(14)17(18,19)20/h3-6,16,23H,2,7-13H2,1H3/t16-/m1/s1. The van der Waals surface area contributed by atoms with Gasteiger partial charge in [0.2, 0.25) is 0 Å². The van der Waals surface area contributed by atoms with Gasteiger partial charge in [-0.15, -0.1) is 0 Å². The zero-order valence-corrected chi connectivity index (χ0v) is 13.9. The first-order chi connectivity index (χ1) is 11.4. The summed E-state index contributed by atoms with van der Waals surface area (Å²) in [5.41, 5.74) is -0.809. The fourth-order valence-electron chi connectivity index (χ4n) is 2.92. The molecular weight excluding hydrogens is 321 g/mol. The summed E-state index contributed by atoms with van der Waals surface area (Å²) in [5.74, 6) is 0. The predicted molar refractivity (Wildman–Crippen MR) is 85.8 cm³/mol. The summed E-state index contributed by atoms with van der Waals surface area (Å²) >= 11 is 0. The van der Waals surface area contributed by atoms with Crippen LogP contribution in [0.4, 0.5) is 13.2 Å². The van der Waals surface area contributed by atoms with Crippen molar-refractivity contribution in [2.24, 2.45) is 0 Å². The molecule has 0 aromatic heterocycles. The highest BCUT2D eigenvalue weighted by Gasteiger charge is 2.35.